The first-order valence-corrected chi connectivity index (χ1v) is 4.52. The van der Waals surface area contributed by atoms with Crippen LogP contribution in [0.15, 0.2) is 0 Å². The van der Waals surface area contributed by atoms with E-state index in [1.807, 2.05) is 6.92 Å². The van der Waals surface area contributed by atoms with Crippen LogP contribution >= 0.6 is 11.5 Å². The van der Waals surface area contributed by atoms with Crippen molar-refractivity contribution in [2.45, 2.75) is 6.92 Å². The van der Waals surface area contributed by atoms with Crippen LogP contribution in [0.25, 0.3) is 0 Å². The molecule has 0 saturated carbocycles. The summed E-state index contributed by atoms with van der Waals surface area (Å²) in [7, 11) is 0. The molecule has 2 rings (SSSR count). The van der Waals surface area contributed by atoms with Crippen LogP contribution in [-0.2, 0) is 0 Å². The van der Waals surface area contributed by atoms with E-state index in [0.29, 0.717) is 0 Å². The Labute approximate surface area is 74.6 Å². The lowest BCUT2D eigenvalue weighted by atomic mass is 10.0. The zero-order valence-electron chi connectivity index (χ0n) is 6.69. The van der Waals surface area contributed by atoms with E-state index in [0.717, 1.165) is 24.0 Å². The Hall–Kier alpha value is -1.15. The van der Waals surface area contributed by atoms with Crippen LogP contribution < -0.4 is 4.90 Å². The molecule has 0 N–H and O–H groups in total. The SMILES string of the molecule is Cc1nsc(N2CC(C#N)C2)n1. The van der Waals surface area contributed by atoms with Crippen LogP contribution in [0.4, 0.5) is 5.13 Å². The molecule has 1 aromatic heterocycles. The van der Waals surface area contributed by atoms with Gasteiger partial charge in [0.1, 0.15) is 5.82 Å². The molecular formula is C7H8N4S. The predicted octanol–water partition coefficient (Wildman–Crippen LogP) is 0.806. The van der Waals surface area contributed by atoms with Crippen LogP contribution in [0.2, 0.25) is 0 Å². The Morgan fingerprint density at radius 2 is 2.42 bits per heavy atom. The smallest absolute Gasteiger partial charge is 0.205 e. The molecule has 1 aromatic rings. The van der Waals surface area contributed by atoms with E-state index in [4.69, 9.17) is 5.26 Å². The van der Waals surface area contributed by atoms with Gasteiger partial charge in [0.25, 0.3) is 0 Å². The first-order valence-electron chi connectivity index (χ1n) is 3.74. The van der Waals surface area contributed by atoms with Crippen LogP contribution in [0, 0.1) is 24.2 Å². The van der Waals surface area contributed by atoms with Gasteiger partial charge in [-0.3, -0.25) is 0 Å². The highest BCUT2D eigenvalue weighted by atomic mass is 32.1. The number of hydrogen-bond donors (Lipinski definition) is 0. The number of aryl methyl sites for hydroxylation is 1. The molecule has 0 aliphatic carbocycles. The minimum Gasteiger partial charge on any atom is -0.344 e. The molecule has 0 bridgehead atoms. The molecule has 62 valence electrons. The number of hydrogen-bond acceptors (Lipinski definition) is 5. The molecule has 0 atom stereocenters. The molecule has 4 nitrogen and oxygen atoms in total. The van der Waals surface area contributed by atoms with Crippen LogP contribution in [0.3, 0.4) is 0 Å². The number of nitriles is 1. The van der Waals surface area contributed by atoms with Crippen molar-refractivity contribution < 1.29 is 0 Å². The van der Waals surface area contributed by atoms with Crippen molar-refractivity contribution in [2.75, 3.05) is 18.0 Å². The van der Waals surface area contributed by atoms with E-state index in [1.165, 1.54) is 11.5 Å². The van der Waals surface area contributed by atoms with E-state index in [9.17, 15) is 0 Å². The minimum atomic E-state index is 0.189. The van der Waals surface area contributed by atoms with Gasteiger partial charge in [-0.1, -0.05) is 0 Å². The van der Waals surface area contributed by atoms with Crippen LogP contribution in [0.5, 0.6) is 0 Å². The van der Waals surface area contributed by atoms with E-state index < -0.39 is 0 Å². The summed E-state index contributed by atoms with van der Waals surface area (Å²) >= 11 is 1.40. The second-order valence-electron chi connectivity index (χ2n) is 2.86. The van der Waals surface area contributed by atoms with Crippen molar-refractivity contribution in [3.05, 3.63) is 5.82 Å². The highest BCUT2D eigenvalue weighted by Crippen LogP contribution is 2.25. The van der Waals surface area contributed by atoms with Gasteiger partial charge in [0.05, 0.1) is 12.0 Å². The number of aromatic nitrogens is 2. The molecule has 2 heterocycles. The van der Waals surface area contributed by atoms with E-state index in [1.54, 1.807) is 0 Å². The molecule has 0 spiro atoms. The quantitative estimate of drug-likeness (QED) is 0.641. The van der Waals surface area contributed by atoms with Gasteiger partial charge in [-0.05, 0) is 6.92 Å². The third kappa shape index (κ3) is 1.14. The van der Waals surface area contributed by atoms with Gasteiger partial charge in [-0.15, -0.1) is 0 Å². The molecular weight excluding hydrogens is 172 g/mol. The first-order chi connectivity index (χ1) is 5.79. The standard InChI is InChI=1S/C7H8N4S/c1-5-9-7(12-10-5)11-3-6(2-8)4-11/h6H,3-4H2,1H3. The average Bonchev–Trinajstić information content (AvgIpc) is 2.34. The Balaban J connectivity index is 2.02. The van der Waals surface area contributed by atoms with Gasteiger partial charge < -0.3 is 4.90 Å². The summed E-state index contributed by atoms with van der Waals surface area (Å²) in [6.45, 7) is 3.50. The predicted molar refractivity (Wildman–Crippen MR) is 46.0 cm³/mol. The number of nitrogens with zero attached hydrogens (tertiary/aromatic N) is 4. The summed E-state index contributed by atoms with van der Waals surface area (Å²) in [5.74, 6) is 1.00. The Bertz CT molecular complexity index is 320. The van der Waals surface area contributed by atoms with E-state index in [-0.39, 0.29) is 5.92 Å². The van der Waals surface area contributed by atoms with Crippen molar-refractivity contribution in [3.8, 4) is 6.07 Å². The van der Waals surface area contributed by atoms with Crippen molar-refractivity contribution in [1.29, 1.82) is 5.26 Å². The van der Waals surface area contributed by atoms with Crippen molar-refractivity contribution in [1.82, 2.24) is 9.36 Å². The third-order valence-electron chi connectivity index (χ3n) is 1.85. The molecule has 0 amide bonds. The number of anilines is 1. The van der Waals surface area contributed by atoms with Gasteiger partial charge >= 0.3 is 0 Å². The lowest BCUT2D eigenvalue weighted by Gasteiger charge is -2.34. The van der Waals surface area contributed by atoms with Crippen molar-refractivity contribution in [3.63, 3.8) is 0 Å². The molecule has 1 saturated heterocycles. The van der Waals surface area contributed by atoms with Gasteiger partial charge in [0.15, 0.2) is 0 Å². The molecule has 1 aliphatic heterocycles. The van der Waals surface area contributed by atoms with Gasteiger partial charge in [-0.25, -0.2) is 4.98 Å². The summed E-state index contributed by atoms with van der Waals surface area (Å²) in [6, 6.07) is 2.22. The zero-order valence-corrected chi connectivity index (χ0v) is 7.51. The van der Waals surface area contributed by atoms with Crippen molar-refractivity contribution in [2.24, 2.45) is 5.92 Å². The maximum atomic E-state index is 8.55. The van der Waals surface area contributed by atoms with Crippen LogP contribution in [-0.4, -0.2) is 22.4 Å². The fourth-order valence-corrected chi connectivity index (χ4v) is 1.82. The minimum absolute atomic E-state index is 0.189. The summed E-state index contributed by atoms with van der Waals surface area (Å²) < 4.78 is 4.08. The second kappa shape index (κ2) is 2.72. The lowest BCUT2D eigenvalue weighted by molar-refractivity contribution is 0.503. The highest BCUT2D eigenvalue weighted by Gasteiger charge is 2.28. The van der Waals surface area contributed by atoms with Crippen LogP contribution in [0.1, 0.15) is 5.82 Å². The molecule has 1 fully saturated rings. The molecule has 0 aromatic carbocycles. The fraction of sp³-hybridized carbons (Fsp3) is 0.571. The number of rotatable bonds is 1. The molecule has 5 heteroatoms. The Kier molecular flexibility index (Phi) is 1.70. The fourth-order valence-electron chi connectivity index (χ4n) is 1.13. The first kappa shape index (κ1) is 7.50. The normalized spacial score (nSPS) is 17.2. The molecule has 0 unspecified atom stereocenters. The lowest BCUT2D eigenvalue weighted by Crippen LogP contribution is -2.45. The van der Waals surface area contributed by atoms with Gasteiger partial charge in [0, 0.05) is 24.6 Å². The summed E-state index contributed by atoms with van der Waals surface area (Å²) in [5.41, 5.74) is 0. The Morgan fingerprint density at radius 1 is 1.67 bits per heavy atom. The second-order valence-corrected chi connectivity index (χ2v) is 3.59. The molecule has 0 radical (unpaired) electrons. The third-order valence-corrected chi connectivity index (χ3v) is 2.72. The summed E-state index contributed by atoms with van der Waals surface area (Å²) in [6.07, 6.45) is 0. The zero-order chi connectivity index (χ0) is 8.55. The maximum Gasteiger partial charge on any atom is 0.205 e. The summed E-state index contributed by atoms with van der Waals surface area (Å²) in [4.78, 5) is 6.31. The maximum absolute atomic E-state index is 8.55. The Morgan fingerprint density at radius 3 is 2.92 bits per heavy atom. The largest absolute Gasteiger partial charge is 0.344 e. The topological polar surface area (TPSA) is 52.8 Å². The monoisotopic (exact) mass is 180 g/mol. The molecule has 12 heavy (non-hydrogen) atoms. The van der Waals surface area contributed by atoms with Crippen molar-refractivity contribution >= 4 is 16.7 Å². The summed E-state index contributed by atoms with van der Waals surface area (Å²) in [5, 5.41) is 9.49. The van der Waals surface area contributed by atoms with E-state index in [2.05, 4.69) is 20.3 Å². The highest BCUT2D eigenvalue weighted by molar-refractivity contribution is 7.09. The molecule has 1 aliphatic rings. The van der Waals surface area contributed by atoms with Gasteiger partial charge in [0.2, 0.25) is 5.13 Å². The van der Waals surface area contributed by atoms with Gasteiger partial charge in [-0.2, -0.15) is 9.64 Å². The average molecular weight is 180 g/mol. The van der Waals surface area contributed by atoms with E-state index >= 15 is 0 Å².